The topological polar surface area (TPSA) is 64.6 Å². The van der Waals surface area contributed by atoms with E-state index in [2.05, 4.69) is 20.7 Å². The normalized spacial score (nSPS) is 30.9. The van der Waals surface area contributed by atoms with Crippen molar-refractivity contribution in [2.75, 3.05) is 13.2 Å². The molecule has 0 bridgehead atoms. The van der Waals surface area contributed by atoms with Crippen molar-refractivity contribution in [1.82, 2.24) is 4.72 Å². The number of thiophene rings is 1. The molecule has 1 aromatic heterocycles. The molecule has 1 aromatic rings. The van der Waals surface area contributed by atoms with Crippen LogP contribution in [-0.4, -0.2) is 39.9 Å². The second-order valence-electron chi connectivity index (χ2n) is 5.01. The molecule has 3 unspecified atom stereocenters. The lowest BCUT2D eigenvalue weighted by Gasteiger charge is -2.38. The van der Waals surface area contributed by atoms with Gasteiger partial charge in [-0.1, -0.05) is 0 Å². The molecule has 0 aromatic carbocycles. The summed E-state index contributed by atoms with van der Waals surface area (Å²) in [6.07, 6.45) is 2.44. The Labute approximate surface area is 130 Å². The largest absolute Gasteiger partial charge is 0.373 e. The minimum atomic E-state index is -3.43. The van der Waals surface area contributed by atoms with Crippen LogP contribution in [0.15, 0.2) is 20.1 Å². The molecule has 2 fully saturated rings. The molecule has 1 aliphatic carbocycles. The highest BCUT2D eigenvalue weighted by Crippen LogP contribution is 2.30. The summed E-state index contributed by atoms with van der Waals surface area (Å²) in [5.41, 5.74) is 0. The number of sulfonamides is 1. The highest BCUT2D eigenvalue weighted by molar-refractivity contribution is 9.11. The second kappa shape index (κ2) is 6.02. The first-order chi connectivity index (χ1) is 9.54. The Morgan fingerprint density at radius 1 is 1.20 bits per heavy atom. The van der Waals surface area contributed by atoms with Crippen LogP contribution in [0.1, 0.15) is 19.3 Å². The minimum absolute atomic E-state index is 0.0141. The summed E-state index contributed by atoms with van der Waals surface area (Å²) in [7, 11) is -3.43. The third kappa shape index (κ3) is 3.26. The molecule has 1 saturated heterocycles. The van der Waals surface area contributed by atoms with Crippen LogP contribution >= 0.6 is 27.3 Å². The summed E-state index contributed by atoms with van der Waals surface area (Å²) < 4.78 is 39.8. The van der Waals surface area contributed by atoms with Crippen molar-refractivity contribution in [3.05, 3.63) is 15.9 Å². The zero-order valence-electron chi connectivity index (χ0n) is 10.7. The maximum atomic E-state index is 12.3. The average Bonchev–Trinajstić information content (AvgIpc) is 2.86. The molecule has 2 aliphatic rings. The van der Waals surface area contributed by atoms with E-state index in [1.54, 1.807) is 12.1 Å². The summed E-state index contributed by atoms with van der Waals surface area (Å²) in [6.45, 7) is 1.24. The molecule has 2 heterocycles. The lowest BCUT2D eigenvalue weighted by atomic mass is 9.90. The summed E-state index contributed by atoms with van der Waals surface area (Å²) in [6, 6.07) is 3.28. The van der Waals surface area contributed by atoms with E-state index in [1.165, 1.54) is 11.3 Å². The standard InChI is InChI=1S/C12H16BrNO4S2/c13-11-3-4-12(19-11)20(15,16)14-8-1-2-9-10(7-8)18-6-5-17-9/h3-4,8-10,14H,1-2,5-7H2. The van der Waals surface area contributed by atoms with Gasteiger partial charge >= 0.3 is 0 Å². The quantitative estimate of drug-likeness (QED) is 0.870. The predicted molar refractivity (Wildman–Crippen MR) is 79.5 cm³/mol. The van der Waals surface area contributed by atoms with Gasteiger partial charge in [0.2, 0.25) is 10.0 Å². The zero-order chi connectivity index (χ0) is 14.2. The Morgan fingerprint density at radius 2 is 1.95 bits per heavy atom. The number of fused-ring (bicyclic) bond motifs is 1. The molecule has 3 atom stereocenters. The number of ether oxygens (including phenoxy) is 2. The number of halogens is 1. The van der Waals surface area contributed by atoms with Crippen LogP contribution in [0.2, 0.25) is 0 Å². The molecular formula is C12H16BrNO4S2. The van der Waals surface area contributed by atoms with Crippen molar-refractivity contribution >= 4 is 37.3 Å². The first-order valence-corrected chi connectivity index (χ1v) is 9.65. The molecule has 1 saturated carbocycles. The first kappa shape index (κ1) is 14.9. The Morgan fingerprint density at radius 3 is 2.65 bits per heavy atom. The summed E-state index contributed by atoms with van der Waals surface area (Å²) >= 11 is 4.50. The maximum Gasteiger partial charge on any atom is 0.250 e. The average molecular weight is 382 g/mol. The van der Waals surface area contributed by atoms with Crippen molar-refractivity contribution in [3.63, 3.8) is 0 Å². The van der Waals surface area contributed by atoms with E-state index in [0.29, 0.717) is 23.8 Å². The number of rotatable bonds is 3. The van der Waals surface area contributed by atoms with Crippen LogP contribution < -0.4 is 4.72 Å². The molecule has 1 N–H and O–H groups in total. The number of hydrogen-bond acceptors (Lipinski definition) is 5. The monoisotopic (exact) mass is 381 g/mol. The fourth-order valence-corrected chi connectivity index (χ4v) is 6.00. The van der Waals surface area contributed by atoms with Crippen LogP contribution in [0.25, 0.3) is 0 Å². The molecule has 0 radical (unpaired) electrons. The summed E-state index contributed by atoms with van der Waals surface area (Å²) in [5, 5.41) is 0. The van der Waals surface area contributed by atoms with Gasteiger partial charge in [0.25, 0.3) is 0 Å². The maximum absolute atomic E-state index is 12.3. The van der Waals surface area contributed by atoms with Crippen LogP contribution in [0, 0.1) is 0 Å². The molecule has 0 amide bonds. The predicted octanol–water partition coefficient (Wildman–Crippen LogP) is 2.13. The Kier molecular flexibility index (Phi) is 4.49. The van der Waals surface area contributed by atoms with E-state index in [4.69, 9.17) is 9.47 Å². The van der Waals surface area contributed by atoms with Crippen molar-refractivity contribution in [3.8, 4) is 0 Å². The van der Waals surface area contributed by atoms with Gasteiger partial charge in [-0.25, -0.2) is 13.1 Å². The van der Waals surface area contributed by atoms with Crippen LogP contribution in [0.4, 0.5) is 0 Å². The fraction of sp³-hybridized carbons (Fsp3) is 0.667. The van der Waals surface area contributed by atoms with Crippen molar-refractivity contribution in [2.45, 2.75) is 41.7 Å². The van der Waals surface area contributed by atoms with E-state index < -0.39 is 10.0 Å². The summed E-state index contributed by atoms with van der Waals surface area (Å²) in [5.74, 6) is 0. The van der Waals surface area contributed by atoms with Gasteiger partial charge in [-0.05, 0) is 47.3 Å². The van der Waals surface area contributed by atoms with E-state index in [9.17, 15) is 8.42 Å². The van der Waals surface area contributed by atoms with Gasteiger partial charge in [-0.3, -0.25) is 0 Å². The third-order valence-corrected chi connectivity index (χ3v) is 7.25. The number of nitrogens with one attached hydrogen (secondary N) is 1. The third-order valence-electron chi connectivity index (χ3n) is 3.61. The fourth-order valence-electron chi connectivity index (χ4n) is 2.69. The van der Waals surface area contributed by atoms with Crippen LogP contribution in [0.3, 0.4) is 0 Å². The van der Waals surface area contributed by atoms with Gasteiger partial charge in [-0.2, -0.15) is 0 Å². The molecule has 5 nitrogen and oxygen atoms in total. The van der Waals surface area contributed by atoms with Gasteiger partial charge in [0.05, 0.1) is 29.2 Å². The summed E-state index contributed by atoms with van der Waals surface area (Å²) in [4.78, 5) is 0. The molecular weight excluding hydrogens is 366 g/mol. The van der Waals surface area contributed by atoms with Gasteiger partial charge < -0.3 is 9.47 Å². The van der Waals surface area contributed by atoms with Crippen molar-refractivity contribution in [2.24, 2.45) is 0 Å². The Bertz CT molecular complexity index is 574. The van der Waals surface area contributed by atoms with E-state index in [-0.39, 0.29) is 18.2 Å². The SMILES string of the molecule is O=S(=O)(NC1CCC2OCCOC2C1)c1ccc(Br)s1. The number of hydrogen-bond donors (Lipinski definition) is 1. The molecule has 3 rings (SSSR count). The van der Waals surface area contributed by atoms with Gasteiger partial charge in [0.1, 0.15) is 4.21 Å². The van der Waals surface area contributed by atoms with Gasteiger partial charge in [0, 0.05) is 6.04 Å². The van der Waals surface area contributed by atoms with Gasteiger partial charge in [-0.15, -0.1) is 11.3 Å². The van der Waals surface area contributed by atoms with E-state index >= 15 is 0 Å². The molecule has 8 heteroatoms. The van der Waals surface area contributed by atoms with Gasteiger partial charge in [0.15, 0.2) is 0 Å². The smallest absolute Gasteiger partial charge is 0.250 e. The molecule has 0 spiro atoms. The molecule has 20 heavy (non-hydrogen) atoms. The zero-order valence-corrected chi connectivity index (χ0v) is 14.0. The Hall–Kier alpha value is 0.01000. The Balaban J connectivity index is 1.66. The second-order valence-corrected chi connectivity index (χ2v) is 9.41. The van der Waals surface area contributed by atoms with Crippen molar-refractivity contribution in [1.29, 1.82) is 0 Å². The van der Waals surface area contributed by atoms with Crippen LogP contribution in [-0.2, 0) is 19.5 Å². The van der Waals surface area contributed by atoms with E-state index in [1.807, 2.05) is 0 Å². The lowest BCUT2D eigenvalue weighted by Crippen LogP contribution is -2.49. The van der Waals surface area contributed by atoms with E-state index in [0.717, 1.165) is 16.6 Å². The molecule has 112 valence electrons. The first-order valence-electron chi connectivity index (χ1n) is 6.55. The van der Waals surface area contributed by atoms with Crippen molar-refractivity contribution < 1.29 is 17.9 Å². The minimum Gasteiger partial charge on any atom is -0.373 e. The highest BCUT2D eigenvalue weighted by Gasteiger charge is 2.36. The highest BCUT2D eigenvalue weighted by atomic mass is 79.9. The molecule has 1 aliphatic heterocycles. The lowest BCUT2D eigenvalue weighted by molar-refractivity contribution is -0.156. The van der Waals surface area contributed by atoms with Crippen LogP contribution in [0.5, 0.6) is 0 Å².